The Hall–Kier alpha value is -2.68. The molecule has 0 amide bonds. The summed E-state index contributed by atoms with van der Waals surface area (Å²) in [5.41, 5.74) is 3.64. The summed E-state index contributed by atoms with van der Waals surface area (Å²) in [6.07, 6.45) is 4.53. The van der Waals surface area contributed by atoms with Crippen LogP contribution in [0.5, 0.6) is 0 Å². The van der Waals surface area contributed by atoms with Crippen LogP contribution in [-0.4, -0.2) is 83.0 Å². The molecular formula is C21H35N9. The molecule has 1 fully saturated rings. The second kappa shape index (κ2) is 10.4. The number of piperazine rings is 1. The second-order valence-electron chi connectivity index (χ2n) is 7.90. The first-order valence-electron chi connectivity index (χ1n) is 10.7. The van der Waals surface area contributed by atoms with Crippen molar-refractivity contribution in [1.82, 2.24) is 35.3 Å². The molecule has 0 saturated carbocycles. The molecule has 9 heteroatoms. The predicted molar refractivity (Wildman–Crippen MR) is 121 cm³/mol. The van der Waals surface area contributed by atoms with Crippen molar-refractivity contribution in [3.63, 3.8) is 0 Å². The highest BCUT2D eigenvalue weighted by molar-refractivity contribution is 5.79. The molecule has 1 aliphatic heterocycles. The zero-order valence-electron chi connectivity index (χ0n) is 18.9. The van der Waals surface area contributed by atoms with Crippen LogP contribution >= 0.6 is 0 Å². The zero-order chi connectivity index (χ0) is 21.5. The number of nitrogens with zero attached hydrogens (tertiary/aromatic N) is 7. The lowest BCUT2D eigenvalue weighted by molar-refractivity contribution is 0.260. The molecule has 3 heterocycles. The van der Waals surface area contributed by atoms with E-state index >= 15 is 0 Å². The van der Waals surface area contributed by atoms with Crippen LogP contribution in [0, 0.1) is 13.8 Å². The van der Waals surface area contributed by atoms with Gasteiger partial charge >= 0.3 is 0 Å². The first-order valence-corrected chi connectivity index (χ1v) is 10.7. The van der Waals surface area contributed by atoms with Gasteiger partial charge in [-0.1, -0.05) is 0 Å². The van der Waals surface area contributed by atoms with Crippen molar-refractivity contribution >= 4 is 11.9 Å². The first kappa shape index (κ1) is 22.0. The van der Waals surface area contributed by atoms with E-state index in [1.807, 2.05) is 24.8 Å². The number of aryl methyl sites for hydroxylation is 2. The van der Waals surface area contributed by atoms with E-state index in [0.717, 1.165) is 63.3 Å². The topological polar surface area (TPSA) is 86.5 Å². The smallest absolute Gasteiger partial charge is 0.225 e. The Morgan fingerprint density at radius 2 is 1.87 bits per heavy atom. The molecule has 1 saturated heterocycles. The third kappa shape index (κ3) is 5.69. The standard InChI is InChI=1S/C21H35N9/c1-16(15-19-17(2)27-28(5)18(19)3)26-20(22-4)23-9-10-29-11-13-30(14-12-29)21-24-7-6-8-25-21/h6-8,16H,9-15H2,1-5H3,(H2,22,23,26). The maximum atomic E-state index is 4.52. The molecule has 2 N–H and O–H groups in total. The number of hydrogen-bond donors (Lipinski definition) is 2. The van der Waals surface area contributed by atoms with Gasteiger partial charge in [-0.05, 0) is 38.8 Å². The summed E-state index contributed by atoms with van der Waals surface area (Å²) in [5, 5.41) is 11.5. The molecule has 164 valence electrons. The van der Waals surface area contributed by atoms with Gasteiger partial charge in [0.25, 0.3) is 0 Å². The van der Waals surface area contributed by atoms with E-state index in [4.69, 9.17) is 0 Å². The Kier molecular flexibility index (Phi) is 7.62. The van der Waals surface area contributed by atoms with Crippen LogP contribution in [0.25, 0.3) is 0 Å². The number of rotatable bonds is 7. The summed E-state index contributed by atoms with van der Waals surface area (Å²) >= 11 is 0. The van der Waals surface area contributed by atoms with Crippen LogP contribution < -0.4 is 15.5 Å². The molecule has 0 bridgehead atoms. The minimum Gasteiger partial charge on any atom is -0.355 e. The average Bonchev–Trinajstić information content (AvgIpc) is 3.00. The van der Waals surface area contributed by atoms with Crippen LogP contribution in [0.3, 0.4) is 0 Å². The van der Waals surface area contributed by atoms with Gasteiger partial charge in [0.1, 0.15) is 0 Å². The Balaban J connectivity index is 1.38. The molecule has 3 rings (SSSR count). The van der Waals surface area contributed by atoms with Crippen molar-refractivity contribution in [2.75, 3.05) is 51.2 Å². The predicted octanol–water partition coefficient (Wildman–Crippen LogP) is 0.745. The lowest BCUT2D eigenvalue weighted by atomic mass is 10.1. The van der Waals surface area contributed by atoms with E-state index < -0.39 is 0 Å². The normalized spacial score (nSPS) is 16.6. The van der Waals surface area contributed by atoms with Gasteiger partial charge in [-0.25, -0.2) is 9.97 Å². The van der Waals surface area contributed by atoms with Gasteiger partial charge in [-0.15, -0.1) is 0 Å². The fraction of sp³-hybridized carbons (Fsp3) is 0.619. The lowest BCUT2D eigenvalue weighted by Crippen LogP contribution is -2.50. The summed E-state index contributed by atoms with van der Waals surface area (Å²) in [7, 11) is 3.82. The third-order valence-electron chi connectivity index (χ3n) is 5.70. The molecule has 0 aliphatic carbocycles. The summed E-state index contributed by atoms with van der Waals surface area (Å²) in [5.74, 6) is 1.67. The van der Waals surface area contributed by atoms with Crippen molar-refractivity contribution in [3.8, 4) is 0 Å². The minimum atomic E-state index is 0.271. The summed E-state index contributed by atoms with van der Waals surface area (Å²) in [6, 6.07) is 2.12. The first-order chi connectivity index (χ1) is 14.5. The van der Waals surface area contributed by atoms with Crippen LogP contribution in [-0.2, 0) is 13.5 Å². The van der Waals surface area contributed by atoms with E-state index in [9.17, 15) is 0 Å². The number of anilines is 1. The molecule has 9 nitrogen and oxygen atoms in total. The van der Waals surface area contributed by atoms with Crippen molar-refractivity contribution in [1.29, 1.82) is 0 Å². The lowest BCUT2D eigenvalue weighted by Gasteiger charge is -2.34. The van der Waals surface area contributed by atoms with Gasteiger partial charge in [-0.2, -0.15) is 5.10 Å². The maximum absolute atomic E-state index is 4.52. The SMILES string of the molecule is CN=C(NCCN1CCN(c2ncccn2)CC1)NC(C)Cc1c(C)nn(C)c1C. The Labute approximate surface area is 179 Å². The van der Waals surface area contributed by atoms with Crippen molar-refractivity contribution in [3.05, 3.63) is 35.4 Å². The Morgan fingerprint density at radius 1 is 1.17 bits per heavy atom. The van der Waals surface area contributed by atoms with E-state index in [2.05, 4.69) is 61.3 Å². The van der Waals surface area contributed by atoms with Crippen LogP contribution in [0.2, 0.25) is 0 Å². The van der Waals surface area contributed by atoms with Gasteiger partial charge in [0.05, 0.1) is 5.69 Å². The van der Waals surface area contributed by atoms with E-state index in [-0.39, 0.29) is 6.04 Å². The summed E-state index contributed by atoms with van der Waals surface area (Å²) in [4.78, 5) is 17.8. The molecule has 0 radical (unpaired) electrons. The Morgan fingerprint density at radius 3 is 2.47 bits per heavy atom. The van der Waals surface area contributed by atoms with E-state index in [1.54, 1.807) is 12.4 Å². The molecule has 0 spiro atoms. The van der Waals surface area contributed by atoms with Crippen molar-refractivity contribution in [2.45, 2.75) is 33.2 Å². The average molecular weight is 414 g/mol. The quantitative estimate of drug-likeness (QED) is 0.512. The van der Waals surface area contributed by atoms with Crippen molar-refractivity contribution < 1.29 is 0 Å². The maximum Gasteiger partial charge on any atom is 0.225 e. The van der Waals surface area contributed by atoms with Gasteiger partial charge in [-0.3, -0.25) is 14.6 Å². The van der Waals surface area contributed by atoms with Crippen LogP contribution in [0.15, 0.2) is 23.5 Å². The number of aromatic nitrogens is 4. The molecular weight excluding hydrogens is 378 g/mol. The van der Waals surface area contributed by atoms with Crippen LogP contribution in [0.4, 0.5) is 5.95 Å². The fourth-order valence-corrected chi connectivity index (χ4v) is 3.86. The number of hydrogen-bond acceptors (Lipinski definition) is 6. The van der Waals surface area contributed by atoms with Gasteiger partial charge in [0, 0.05) is 77.5 Å². The molecule has 30 heavy (non-hydrogen) atoms. The molecule has 1 atom stereocenters. The zero-order valence-corrected chi connectivity index (χ0v) is 18.9. The molecule has 0 aromatic carbocycles. The van der Waals surface area contributed by atoms with E-state index in [0.29, 0.717) is 0 Å². The highest BCUT2D eigenvalue weighted by Gasteiger charge is 2.18. The molecule has 2 aromatic rings. The third-order valence-corrected chi connectivity index (χ3v) is 5.70. The molecule has 2 aromatic heterocycles. The summed E-state index contributed by atoms with van der Waals surface area (Å²) < 4.78 is 1.95. The van der Waals surface area contributed by atoms with E-state index in [1.165, 1.54) is 11.3 Å². The van der Waals surface area contributed by atoms with Gasteiger partial charge < -0.3 is 15.5 Å². The molecule has 1 unspecified atom stereocenters. The summed E-state index contributed by atoms with van der Waals surface area (Å²) in [6.45, 7) is 12.2. The highest BCUT2D eigenvalue weighted by atomic mass is 15.3. The second-order valence-corrected chi connectivity index (χ2v) is 7.90. The van der Waals surface area contributed by atoms with Crippen molar-refractivity contribution in [2.24, 2.45) is 12.0 Å². The minimum absolute atomic E-state index is 0.271. The highest BCUT2D eigenvalue weighted by Crippen LogP contribution is 2.14. The van der Waals surface area contributed by atoms with Crippen LogP contribution in [0.1, 0.15) is 23.9 Å². The van der Waals surface area contributed by atoms with Gasteiger partial charge in [0.15, 0.2) is 5.96 Å². The number of nitrogens with one attached hydrogen (secondary N) is 2. The molecule has 1 aliphatic rings. The van der Waals surface area contributed by atoms with Gasteiger partial charge in [0.2, 0.25) is 5.95 Å². The largest absolute Gasteiger partial charge is 0.355 e. The Bertz CT molecular complexity index is 823. The monoisotopic (exact) mass is 413 g/mol. The number of aliphatic imine (C=N–C) groups is 1. The fourth-order valence-electron chi connectivity index (χ4n) is 3.86. The number of guanidine groups is 1.